The van der Waals surface area contributed by atoms with Crippen molar-refractivity contribution >= 4 is 56.5 Å². The van der Waals surface area contributed by atoms with Crippen LogP contribution in [0, 0.1) is 0 Å². The fourth-order valence-electron chi connectivity index (χ4n) is 3.19. The van der Waals surface area contributed by atoms with Gasteiger partial charge in [0.05, 0.1) is 10.0 Å². The Morgan fingerprint density at radius 2 is 1.38 bits per heavy atom. The molecule has 0 amide bonds. The van der Waals surface area contributed by atoms with E-state index < -0.39 is 25.6 Å². The standard InChI is InChI=1S/C19H12Cl4O5S/c20-12-3-1-10(2-4-12)19(29(26,27)28,11-7-13(21)9-14(24)8-11)15-5-6-16(22)18(25)17(15)23/h1-9,24-25H,(H,26,27,28). The molecule has 0 saturated carbocycles. The van der Waals surface area contributed by atoms with E-state index in [1.54, 1.807) is 0 Å². The normalized spacial score (nSPS) is 13.8. The van der Waals surface area contributed by atoms with Crippen molar-refractivity contribution in [3.8, 4) is 11.5 Å². The van der Waals surface area contributed by atoms with Gasteiger partial charge in [0.25, 0.3) is 10.1 Å². The molecule has 0 heterocycles. The molecular formula is C19H12Cl4O5S. The van der Waals surface area contributed by atoms with Crippen molar-refractivity contribution in [2.45, 2.75) is 4.75 Å². The Labute approximate surface area is 186 Å². The van der Waals surface area contributed by atoms with Crippen LogP contribution in [0.4, 0.5) is 0 Å². The fourth-order valence-corrected chi connectivity index (χ4v) is 5.41. The predicted octanol–water partition coefficient (Wildman–Crippen LogP) is 5.89. The second-order valence-electron chi connectivity index (χ2n) is 6.12. The van der Waals surface area contributed by atoms with Gasteiger partial charge in [0.15, 0.2) is 10.5 Å². The summed E-state index contributed by atoms with van der Waals surface area (Å²) in [6.45, 7) is 0. The summed E-state index contributed by atoms with van der Waals surface area (Å²) < 4.78 is 34.0. The van der Waals surface area contributed by atoms with Crippen LogP contribution in [0.25, 0.3) is 0 Å². The average molecular weight is 494 g/mol. The highest BCUT2D eigenvalue weighted by atomic mass is 35.5. The Kier molecular flexibility index (Phi) is 5.98. The molecule has 3 aromatic carbocycles. The van der Waals surface area contributed by atoms with Crippen LogP contribution in [0.15, 0.2) is 54.6 Å². The Bertz CT molecular complexity index is 1180. The lowest BCUT2D eigenvalue weighted by Gasteiger charge is -2.33. The second kappa shape index (κ2) is 7.87. The first-order chi connectivity index (χ1) is 13.5. The summed E-state index contributed by atoms with van der Waals surface area (Å²) in [5.41, 5.74) is -0.279. The van der Waals surface area contributed by atoms with Gasteiger partial charge in [0.2, 0.25) is 0 Å². The molecule has 0 bridgehead atoms. The smallest absolute Gasteiger partial charge is 0.283 e. The third kappa shape index (κ3) is 3.77. The number of benzene rings is 3. The molecule has 3 rings (SSSR count). The van der Waals surface area contributed by atoms with Crippen LogP contribution >= 0.6 is 46.4 Å². The van der Waals surface area contributed by atoms with Gasteiger partial charge in [-0.3, -0.25) is 4.55 Å². The lowest BCUT2D eigenvalue weighted by molar-refractivity contribution is 0.455. The van der Waals surface area contributed by atoms with Crippen molar-refractivity contribution in [3.63, 3.8) is 0 Å². The number of phenolic OH excluding ortho intramolecular Hbond substituents is 2. The van der Waals surface area contributed by atoms with E-state index in [2.05, 4.69) is 0 Å². The van der Waals surface area contributed by atoms with Crippen LogP contribution in [0.1, 0.15) is 16.7 Å². The highest BCUT2D eigenvalue weighted by Gasteiger charge is 2.50. The van der Waals surface area contributed by atoms with Gasteiger partial charge < -0.3 is 10.2 Å². The van der Waals surface area contributed by atoms with Crippen LogP contribution < -0.4 is 0 Å². The molecule has 0 spiro atoms. The van der Waals surface area contributed by atoms with Crippen molar-refractivity contribution in [2.24, 2.45) is 0 Å². The van der Waals surface area contributed by atoms with Gasteiger partial charge in [-0.25, -0.2) is 0 Å². The quantitative estimate of drug-likeness (QED) is 0.311. The Morgan fingerprint density at radius 3 is 1.93 bits per heavy atom. The first-order valence-electron chi connectivity index (χ1n) is 7.89. The Balaban J connectivity index is 2.58. The van der Waals surface area contributed by atoms with E-state index in [-0.39, 0.29) is 32.5 Å². The zero-order valence-electron chi connectivity index (χ0n) is 14.3. The van der Waals surface area contributed by atoms with E-state index in [1.165, 1.54) is 48.5 Å². The minimum atomic E-state index is -5.04. The first kappa shape index (κ1) is 22.0. The van der Waals surface area contributed by atoms with E-state index in [0.717, 1.165) is 6.07 Å². The summed E-state index contributed by atoms with van der Waals surface area (Å²) in [7, 11) is -5.04. The SMILES string of the molecule is O=S(=O)(O)C(c1ccc(Cl)cc1)(c1cc(O)cc(Cl)c1)c1ccc(Cl)c(O)c1Cl. The average Bonchev–Trinajstić information content (AvgIpc) is 2.61. The first-order valence-corrected chi connectivity index (χ1v) is 10.8. The summed E-state index contributed by atoms with van der Waals surface area (Å²) in [6, 6.07) is 11.6. The number of hydrogen-bond donors (Lipinski definition) is 3. The zero-order chi connectivity index (χ0) is 21.6. The molecular weight excluding hydrogens is 482 g/mol. The minimum absolute atomic E-state index is 0.0105. The van der Waals surface area contributed by atoms with Crippen molar-refractivity contribution in [3.05, 3.63) is 91.4 Å². The van der Waals surface area contributed by atoms with E-state index >= 15 is 0 Å². The van der Waals surface area contributed by atoms with Gasteiger partial charge in [-0.05, 0) is 47.5 Å². The molecule has 152 valence electrons. The molecule has 5 nitrogen and oxygen atoms in total. The molecule has 0 aliphatic carbocycles. The summed E-state index contributed by atoms with van der Waals surface area (Å²) in [4.78, 5) is 0. The molecule has 10 heteroatoms. The molecule has 0 radical (unpaired) electrons. The minimum Gasteiger partial charge on any atom is -0.508 e. The monoisotopic (exact) mass is 492 g/mol. The molecule has 1 unspecified atom stereocenters. The van der Waals surface area contributed by atoms with E-state index in [4.69, 9.17) is 46.4 Å². The maximum absolute atomic E-state index is 12.9. The van der Waals surface area contributed by atoms with Crippen molar-refractivity contribution < 1.29 is 23.2 Å². The fraction of sp³-hybridized carbons (Fsp3) is 0.0526. The molecule has 0 aliphatic heterocycles. The van der Waals surface area contributed by atoms with Crippen LogP contribution in [0.5, 0.6) is 11.5 Å². The van der Waals surface area contributed by atoms with Crippen LogP contribution in [0.3, 0.4) is 0 Å². The summed E-state index contributed by atoms with van der Waals surface area (Å²) in [6.07, 6.45) is 0. The number of hydrogen-bond acceptors (Lipinski definition) is 4. The second-order valence-corrected chi connectivity index (χ2v) is 9.34. The molecule has 1 atom stereocenters. The lowest BCUT2D eigenvalue weighted by atomic mass is 9.83. The molecule has 0 aliphatic rings. The molecule has 0 aromatic heterocycles. The third-order valence-corrected chi connectivity index (χ3v) is 7.00. The summed E-state index contributed by atoms with van der Waals surface area (Å²) in [5, 5.41) is 20.1. The largest absolute Gasteiger partial charge is 0.508 e. The van der Waals surface area contributed by atoms with E-state index in [1.807, 2.05) is 0 Å². The van der Waals surface area contributed by atoms with Crippen molar-refractivity contribution in [1.82, 2.24) is 0 Å². The number of rotatable bonds is 4. The van der Waals surface area contributed by atoms with Crippen LogP contribution in [-0.4, -0.2) is 23.2 Å². The molecule has 3 N–H and O–H groups in total. The van der Waals surface area contributed by atoms with E-state index in [9.17, 15) is 23.2 Å². The van der Waals surface area contributed by atoms with Crippen molar-refractivity contribution in [2.75, 3.05) is 0 Å². The van der Waals surface area contributed by atoms with Gasteiger partial charge in [0, 0.05) is 15.6 Å². The summed E-state index contributed by atoms with van der Waals surface area (Å²) in [5.74, 6) is -0.914. The van der Waals surface area contributed by atoms with Gasteiger partial charge in [-0.15, -0.1) is 0 Å². The zero-order valence-corrected chi connectivity index (χ0v) is 18.1. The molecule has 3 aromatic rings. The number of phenols is 2. The van der Waals surface area contributed by atoms with Gasteiger partial charge in [0.1, 0.15) is 5.75 Å². The highest BCUT2D eigenvalue weighted by molar-refractivity contribution is 7.87. The molecule has 0 fully saturated rings. The van der Waals surface area contributed by atoms with Crippen LogP contribution in [0.2, 0.25) is 20.1 Å². The van der Waals surface area contributed by atoms with Gasteiger partial charge in [-0.2, -0.15) is 8.42 Å². The number of aromatic hydroxyl groups is 2. The highest BCUT2D eigenvalue weighted by Crippen LogP contribution is 2.50. The van der Waals surface area contributed by atoms with Crippen LogP contribution in [-0.2, 0) is 14.9 Å². The lowest BCUT2D eigenvalue weighted by Crippen LogP contribution is -2.38. The topological polar surface area (TPSA) is 94.8 Å². The predicted molar refractivity (Wildman–Crippen MR) is 114 cm³/mol. The Hall–Kier alpha value is -1.67. The maximum Gasteiger partial charge on any atom is 0.283 e. The summed E-state index contributed by atoms with van der Waals surface area (Å²) >= 11 is 24.1. The van der Waals surface area contributed by atoms with Gasteiger partial charge in [-0.1, -0.05) is 64.6 Å². The maximum atomic E-state index is 12.9. The Morgan fingerprint density at radius 1 is 0.759 bits per heavy atom. The molecule has 0 saturated heterocycles. The van der Waals surface area contributed by atoms with E-state index in [0.29, 0.717) is 5.02 Å². The molecule has 29 heavy (non-hydrogen) atoms. The third-order valence-electron chi connectivity index (χ3n) is 4.37. The van der Waals surface area contributed by atoms with Crippen molar-refractivity contribution in [1.29, 1.82) is 0 Å². The van der Waals surface area contributed by atoms with Gasteiger partial charge >= 0.3 is 0 Å². The number of halogens is 4.